The van der Waals surface area contributed by atoms with Crippen LogP contribution in [0.2, 0.25) is 0 Å². The molecule has 4 aromatic rings. The number of ether oxygens (including phenoxy) is 6. The molecule has 2 unspecified atom stereocenters. The molecular weight excluding hydrogens is 536 g/mol. The predicted octanol–water partition coefficient (Wildman–Crippen LogP) is 5.24. The zero-order valence-electron chi connectivity index (χ0n) is 22.6. The van der Waals surface area contributed by atoms with E-state index in [9.17, 15) is 10.1 Å². The molecule has 0 radical (unpaired) electrons. The van der Waals surface area contributed by atoms with Crippen molar-refractivity contribution in [2.75, 3.05) is 13.7 Å². The van der Waals surface area contributed by atoms with Gasteiger partial charge in [-0.05, 0) is 41.5 Å². The van der Waals surface area contributed by atoms with Crippen molar-refractivity contribution >= 4 is 5.97 Å². The highest BCUT2D eigenvalue weighted by Gasteiger charge is 2.33. The van der Waals surface area contributed by atoms with E-state index in [0.29, 0.717) is 40.9 Å². The molecule has 6 rings (SSSR count). The van der Waals surface area contributed by atoms with Crippen molar-refractivity contribution in [1.82, 2.24) is 0 Å². The highest BCUT2D eigenvalue weighted by molar-refractivity contribution is 5.78. The molecule has 9 nitrogen and oxygen atoms in total. The maximum atomic E-state index is 12.9. The van der Waals surface area contributed by atoms with E-state index in [1.165, 1.54) is 0 Å². The van der Waals surface area contributed by atoms with Crippen molar-refractivity contribution in [3.05, 3.63) is 119 Å². The number of nitriles is 1. The number of carbonyl (C=O) groups is 1. The van der Waals surface area contributed by atoms with Gasteiger partial charge in [-0.15, -0.1) is 0 Å². The molecule has 0 saturated carbocycles. The Hall–Kier alpha value is -5.62. The van der Waals surface area contributed by atoms with Gasteiger partial charge in [0.15, 0.2) is 23.0 Å². The topological polar surface area (TPSA) is 122 Å². The number of rotatable bonds is 7. The van der Waals surface area contributed by atoms with Gasteiger partial charge in [-0.2, -0.15) is 5.26 Å². The number of nitrogens with two attached hydrogens (primary N) is 1. The first kappa shape index (κ1) is 26.6. The van der Waals surface area contributed by atoms with Crippen LogP contribution in [0.1, 0.15) is 22.6 Å². The number of esters is 1. The Balaban J connectivity index is 1.24. The zero-order chi connectivity index (χ0) is 29.1. The summed E-state index contributed by atoms with van der Waals surface area (Å²) in [6.45, 7) is 0.395. The summed E-state index contributed by atoms with van der Waals surface area (Å²) >= 11 is 0. The van der Waals surface area contributed by atoms with Crippen LogP contribution in [-0.4, -0.2) is 25.8 Å². The highest BCUT2D eigenvalue weighted by atomic mass is 16.6. The Morgan fingerprint density at radius 3 is 2.52 bits per heavy atom. The summed E-state index contributed by atoms with van der Waals surface area (Å²) in [5, 5.41) is 9.98. The number of carbonyl (C=O) groups excluding carboxylic acids is 1. The Morgan fingerprint density at radius 2 is 1.74 bits per heavy atom. The first-order chi connectivity index (χ1) is 20.5. The van der Waals surface area contributed by atoms with Gasteiger partial charge in [0, 0.05) is 11.6 Å². The average molecular weight is 563 g/mol. The lowest BCUT2D eigenvalue weighted by atomic mass is 9.83. The summed E-state index contributed by atoms with van der Waals surface area (Å²) in [5.41, 5.74) is 8.89. The van der Waals surface area contributed by atoms with Gasteiger partial charge in [-0.1, -0.05) is 54.6 Å². The fourth-order valence-corrected chi connectivity index (χ4v) is 4.88. The van der Waals surface area contributed by atoms with E-state index in [-0.39, 0.29) is 23.8 Å². The molecular formula is C33H26N2O7. The van der Waals surface area contributed by atoms with E-state index >= 15 is 0 Å². The van der Waals surface area contributed by atoms with Crippen molar-refractivity contribution in [2.45, 2.75) is 18.6 Å². The summed E-state index contributed by atoms with van der Waals surface area (Å²) in [5.74, 6) is 1.49. The van der Waals surface area contributed by atoms with Crippen molar-refractivity contribution in [2.24, 2.45) is 5.73 Å². The number of para-hydroxylation sites is 2. The summed E-state index contributed by atoms with van der Waals surface area (Å²) in [6, 6.07) is 29.5. The van der Waals surface area contributed by atoms with Crippen LogP contribution in [0, 0.1) is 11.3 Å². The summed E-state index contributed by atoms with van der Waals surface area (Å²) < 4.78 is 34.4. The maximum absolute atomic E-state index is 12.9. The second-order valence-corrected chi connectivity index (χ2v) is 9.59. The summed E-state index contributed by atoms with van der Waals surface area (Å²) in [6.07, 6.45) is -0.935. The third kappa shape index (κ3) is 5.25. The van der Waals surface area contributed by atoms with Gasteiger partial charge in [-0.25, -0.2) is 4.79 Å². The van der Waals surface area contributed by atoms with Crippen LogP contribution in [0.4, 0.5) is 0 Å². The highest BCUT2D eigenvalue weighted by Crippen LogP contribution is 2.45. The van der Waals surface area contributed by atoms with Gasteiger partial charge in [0.05, 0.1) is 13.0 Å². The number of methoxy groups -OCH3 is 1. The van der Waals surface area contributed by atoms with Crippen LogP contribution < -0.4 is 34.2 Å². The number of hydrogen-bond donors (Lipinski definition) is 1. The molecule has 2 heterocycles. The molecule has 0 fully saturated rings. The van der Waals surface area contributed by atoms with Crippen LogP contribution in [0.5, 0.6) is 34.5 Å². The standard InChI is InChI=1S/C33H26N2O7/c1-37-29-15-21(11-14-26(29)38-18-20-7-3-2-4-8-20)31-23-13-12-22(16-28(23)42-32(35)24(31)17-34)40-33(36)30-19-39-25-9-5-6-10-27(25)41-30/h2-16,30-31H,18-19,35H2,1H3. The van der Waals surface area contributed by atoms with Crippen LogP contribution in [-0.2, 0) is 11.4 Å². The summed E-state index contributed by atoms with van der Waals surface area (Å²) in [4.78, 5) is 12.9. The van der Waals surface area contributed by atoms with E-state index in [0.717, 1.165) is 11.1 Å². The average Bonchev–Trinajstić information content (AvgIpc) is 3.03. The number of allylic oxidation sites excluding steroid dienone is 1. The first-order valence-corrected chi connectivity index (χ1v) is 13.2. The molecule has 0 aromatic heterocycles. The van der Waals surface area contributed by atoms with E-state index in [1.807, 2.05) is 48.5 Å². The summed E-state index contributed by atoms with van der Waals surface area (Å²) in [7, 11) is 1.56. The molecule has 0 aliphatic carbocycles. The van der Waals surface area contributed by atoms with E-state index in [4.69, 9.17) is 34.2 Å². The zero-order valence-corrected chi connectivity index (χ0v) is 22.6. The maximum Gasteiger partial charge on any atom is 0.356 e. The van der Waals surface area contributed by atoms with Crippen molar-refractivity contribution in [1.29, 1.82) is 5.26 Å². The molecule has 2 N–H and O–H groups in total. The molecule has 42 heavy (non-hydrogen) atoms. The smallest absolute Gasteiger partial charge is 0.356 e. The molecule has 2 atom stereocenters. The van der Waals surface area contributed by atoms with Crippen molar-refractivity contribution in [3.63, 3.8) is 0 Å². The monoisotopic (exact) mass is 562 g/mol. The molecule has 0 bridgehead atoms. The fourth-order valence-electron chi connectivity index (χ4n) is 4.88. The number of hydrogen-bond acceptors (Lipinski definition) is 9. The SMILES string of the molecule is COc1cc(C2C(C#N)=C(N)Oc3cc(OC(=O)C4COc5ccccc5O4)ccc32)ccc1OCc1ccccc1. The number of nitrogens with zero attached hydrogens (tertiary/aromatic N) is 1. The van der Waals surface area contributed by atoms with Gasteiger partial charge in [0.1, 0.15) is 36.4 Å². The lowest BCUT2D eigenvalue weighted by Crippen LogP contribution is -2.39. The second-order valence-electron chi connectivity index (χ2n) is 9.59. The van der Waals surface area contributed by atoms with Crippen LogP contribution in [0.25, 0.3) is 0 Å². The molecule has 2 aliphatic rings. The fraction of sp³-hybridized carbons (Fsp3) is 0.152. The normalized spacial score (nSPS) is 16.9. The molecule has 4 aromatic carbocycles. The lowest BCUT2D eigenvalue weighted by Gasteiger charge is -2.27. The molecule has 0 saturated heterocycles. The van der Waals surface area contributed by atoms with Gasteiger partial charge >= 0.3 is 5.97 Å². The third-order valence-electron chi connectivity index (χ3n) is 6.94. The van der Waals surface area contributed by atoms with Gasteiger partial charge < -0.3 is 34.2 Å². The van der Waals surface area contributed by atoms with Gasteiger partial charge in [0.25, 0.3) is 0 Å². The minimum atomic E-state index is -0.935. The van der Waals surface area contributed by atoms with E-state index in [1.54, 1.807) is 49.6 Å². The van der Waals surface area contributed by atoms with E-state index < -0.39 is 18.0 Å². The number of benzene rings is 4. The Kier molecular flexibility index (Phi) is 7.26. The van der Waals surface area contributed by atoms with E-state index in [2.05, 4.69) is 6.07 Å². The number of fused-ring (bicyclic) bond motifs is 2. The second kappa shape index (κ2) is 11.5. The first-order valence-electron chi connectivity index (χ1n) is 13.2. The van der Waals surface area contributed by atoms with Crippen molar-refractivity contribution < 1.29 is 33.2 Å². The molecule has 0 amide bonds. The Bertz CT molecular complexity index is 1710. The lowest BCUT2D eigenvalue weighted by molar-refractivity contribution is -0.144. The predicted molar refractivity (Wildman–Crippen MR) is 151 cm³/mol. The van der Waals surface area contributed by atoms with Gasteiger partial charge in [-0.3, -0.25) is 0 Å². The Labute approximate surface area is 242 Å². The minimum Gasteiger partial charge on any atom is -0.493 e. The van der Waals surface area contributed by atoms with Gasteiger partial charge in [0.2, 0.25) is 12.0 Å². The van der Waals surface area contributed by atoms with Crippen molar-refractivity contribution in [3.8, 4) is 40.6 Å². The quantitative estimate of drug-likeness (QED) is 0.238. The Morgan fingerprint density at radius 1 is 0.952 bits per heavy atom. The molecule has 2 aliphatic heterocycles. The molecule has 210 valence electrons. The van der Waals surface area contributed by atoms with Crippen LogP contribution in [0.15, 0.2) is 102 Å². The van der Waals surface area contributed by atoms with Crippen LogP contribution >= 0.6 is 0 Å². The molecule has 9 heteroatoms. The molecule has 0 spiro atoms. The van der Waals surface area contributed by atoms with Crippen LogP contribution in [0.3, 0.4) is 0 Å². The largest absolute Gasteiger partial charge is 0.493 e. The third-order valence-corrected chi connectivity index (χ3v) is 6.94. The minimum absolute atomic E-state index is 0.0213.